The van der Waals surface area contributed by atoms with Crippen LogP contribution in [0.2, 0.25) is 0 Å². The Morgan fingerprint density at radius 2 is 1.82 bits per heavy atom. The van der Waals surface area contributed by atoms with Crippen LogP contribution in [0.15, 0.2) is 64.1 Å². The summed E-state index contributed by atoms with van der Waals surface area (Å²) >= 11 is 1.69. The first-order valence-electron chi connectivity index (χ1n) is 16.9. The lowest BCUT2D eigenvalue weighted by atomic mass is 9.32. The molecule has 2 bridgehead atoms. The number of aliphatic hydroxyl groups excluding tert-OH is 1. The Kier molecular flexibility index (Phi) is 7.34. The highest BCUT2D eigenvalue weighted by Gasteiger charge is 2.74. The molecule has 6 aliphatic carbocycles. The monoisotopic (exact) mass is 632 g/mol. The van der Waals surface area contributed by atoms with Crippen molar-refractivity contribution in [1.82, 2.24) is 10.2 Å². The van der Waals surface area contributed by atoms with Gasteiger partial charge in [-0.1, -0.05) is 38.1 Å². The van der Waals surface area contributed by atoms with Crippen molar-refractivity contribution in [1.29, 1.82) is 0 Å². The second-order valence-electron chi connectivity index (χ2n) is 15.5. The van der Waals surface area contributed by atoms with Gasteiger partial charge in [-0.25, -0.2) is 4.79 Å². The Morgan fingerprint density at radius 1 is 1.07 bits per heavy atom. The average Bonchev–Trinajstić information content (AvgIpc) is 3.76. The van der Waals surface area contributed by atoms with Crippen LogP contribution < -0.4 is 5.32 Å². The quantitative estimate of drug-likeness (QED) is 0.220. The molecule has 45 heavy (non-hydrogen) atoms. The normalized spacial score (nSPS) is 39.6. The molecule has 0 aromatic carbocycles. The fourth-order valence-corrected chi connectivity index (χ4v) is 11.4. The number of nitrogens with one attached hydrogen (secondary N) is 1. The minimum absolute atomic E-state index is 0.0115. The van der Waals surface area contributed by atoms with Gasteiger partial charge in [-0.2, -0.15) is 0 Å². The number of carbonyl (C=O) groups excluding carboxylic acids is 2. The van der Waals surface area contributed by atoms with E-state index in [9.17, 15) is 19.8 Å². The fraction of sp³-hybridized carbons (Fsp3) is 0.622. The van der Waals surface area contributed by atoms with E-state index in [-0.39, 0.29) is 47.1 Å². The topological polar surface area (TPSA) is 103 Å². The third-order valence-corrected chi connectivity index (χ3v) is 14.0. The molecule has 3 N–H and O–H groups in total. The van der Waals surface area contributed by atoms with Gasteiger partial charge in [-0.15, -0.1) is 11.3 Å². The first kappa shape index (κ1) is 30.9. The van der Waals surface area contributed by atoms with Crippen molar-refractivity contribution in [2.24, 2.45) is 33.5 Å². The maximum atomic E-state index is 14.4. The summed E-state index contributed by atoms with van der Waals surface area (Å²) in [6.07, 6.45) is 14.1. The molecule has 7 nitrogen and oxygen atoms in total. The van der Waals surface area contributed by atoms with Crippen molar-refractivity contribution in [2.75, 3.05) is 13.1 Å². The molecule has 2 aromatic heterocycles. The zero-order chi connectivity index (χ0) is 31.8. The number of Topliss-reactive ketones (excluding diaryl/α,β-unsaturated/α-hetero) is 1. The standard InChI is InChI=1S/C37H48N2O5S/c1-24(2)38-32(42)39(18-12-26-7-6-20-45-26)23-36(43)15-11-30-34(36,4)14-10-29-33(3)13-9-25(40)21-35(33)16-17-37(29,30)27(22-35)31(41)28-8-5-19-44-28/h5-8,16-17,19-20,22,24-25,29-30,40,43H,9-15,18,21,23H2,1-4H3,(H,38,42)/t25?,29-,30-,33-,34+,35+,36-,37-/m1/s1. The number of rotatable bonds is 8. The molecule has 8 rings (SSSR count). The van der Waals surface area contributed by atoms with Gasteiger partial charge in [0.25, 0.3) is 0 Å². The third kappa shape index (κ3) is 4.41. The summed E-state index contributed by atoms with van der Waals surface area (Å²) < 4.78 is 5.69. The van der Waals surface area contributed by atoms with Crippen molar-refractivity contribution in [3.63, 3.8) is 0 Å². The molecule has 2 heterocycles. The van der Waals surface area contributed by atoms with E-state index < -0.39 is 22.5 Å². The van der Waals surface area contributed by atoms with E-state index in [1.54, 1.807) is 29.7 Å². The van der Waals surface area contributed by atoms with Crippen LogP contribution in [0.25, 0.3) is 0 Å². The van der Waals surface area contributed by atoms with Crippen LogP contribution in [0.5, 0.6) is 0 Å². The molecule has 2 amide bonds. The van der Waals surface area contributed by atoms with Crippen LogP contribution in [0, 0.1) is 33.5 Å². The fourth-order valence-electron chi connectivity index (χ4n) is 10.7. The molecular formula is C37H48N2O5S. The maximum Gasteiger partial charge on any atom is 0.317 e. The Balaban J connectivity index is 1.28. The van der Waals surface area contributed by atoms with Gasteiger partial charge in [0.15, 0.2) is 5.76 Å². The second-order valence-corrected chi connectivity index (χ2v) is 16.5. The number of carbonyl (C=O) groups is 2. The molecule has 0 aliphatic heterocycles. The minimum atomic E-state index is -1.11. The van der Waals surface area contributed by atoms with Gasteiger partial charge in [-0.3, -0.25) is 4.79 Å². The number of furan rings is 1. The Hall–Kier alpha value is -2.68. The van der Waals surface area contributed by atoms with Gasteiger partial charge in [-0.05, 0) is 106 Å². The van der Waals surface area contributed by atoms with E-state index in [1.807, 2.05) is 24.8 Å². The van der Waals surface area contributed by atoms with Gasteiger partial charge in [0.1, 0.15) is 0 Å². The number of allylic oxidation sites excluding steroid dienone is 4. The van der Waals surface area contributed by atoms with Crippen molar-refractivity contribution in [3.05, 3.63) is 70.3 Å². The van der Waals surface area contributed by atoms with Gasteiger partial charge in [0.05, 0.1) is 24.5 Å². The summed E-state index contributed by atoms with van der Waals surface area (Å²) in [7, 11) is 0. The lowest BCUT2D eigenvalue weighted by molar-refractivity contribution is -0.174. The van der Waals surface area contributed by atoms with Crippen molar-refractivity contribution >= 4 is 23.2 Å². The Morgan fingerprint density at radius 3 is 2.53 bits per heavy atom. The van der Waals surface area contributed by atoms with Crippen LogP contribution in [-0.4, -0.2) is 57.8 Å². The van der Waals surface area contributed by atoms with E-state index >= 15 is 0 Å². The molecule has 242 valence electrons. The third-order valence-electron chi connectivity index (χ3n) is 13.1. The van der Waals surface area contributed by atoms with Crippen LogP contribution in [0.4, 0.5) is 4.79 Å². The Bertz CT molecular complexity index is 1510. The number of fused-ring (bicyclic) bond motifs is 1. The van der Waals surface area contributed by atoms with Crippen LogP contribution in [0.3, 0.4) is 0 Å². The molecule has 2 spiro atoms. The first-order chi connectivity index (χ1) is 21.4. The molecule has 0 radical (unpaired) electrons. The van der Waals surface area contributed by atoms with E-state index in [2.05, 4.69) is 48.8 Å². The minimum Gasteiger partial charge on any atom is -0.461 e. The predicted molar refractivity (Wildman–Crippen MR) is 175 cm³/mol. The summed E-state index contributed by atoms with van der Waals surface area (Å²) in [5, 5.41) is 28.8. The SMILES string of the molecule is CC(C)NC(=O)N(CCc1cccs1)C[C@]1(O)CC[C@H]2[C@]34C=C[C@@]5(C=C3C(=O)c3ccco3)CC(O)CC[C@]5(C)[C@H]4CC[C@@]21C. The molecule has 3 saturated carbocycles. The summed E-state index contributed by atoms with van der Waals surface area (Å²) in [5.74, 6) is 0.491. The smallest absolute Gasteiger partial charge is 0.317 e. The van der Waals surface area contributed by atoms with Gasteiger partial charge in [0, 0.05) is 39.3 Å². The highest BCUT2D eigenvalue weighted by Crippen LogP contribution is 2.78. The van der Waals surface area contributed by atoms with Crippen molar-refractivity contribution in [2.45, 2.75) is 96.8 Å². The lowest BCUT2D eigenvalue weighted by Crippen LogP contribution is -2.67. The molecular weight excluding hydrogens is 584 g/mol. The number of nitrogens with zero attached hydrogens (tertiary/aromatic N) is 1. The molecule has 8 heteroatoms. The summed E-state index contributed by atoms with van der Waals surface area (Å²) in [5.41, 5.74) is -1.88. The van der Waals surface area contributed by atoms with Crippen LogP contribution in [-0.2, 0) is 6.42 Å². The first-order valence-corrected chi connectivity index (χ1v) is 17.8. The molecule has 1 unspecified atom stereocenters. The van der Waals surface area contributed by atoms with E-state index in [1.165, 1.54) is 4.88 Å². The van der Waals surface area contributed by atoms with E-state index in [4.69, 9.17) is 4.42 Å². The molecule has 3 fully saturated rings. The lowest BCUT2D eigenvalue weighted by Gasteiger charge is -2.71. The molecule has 6 aliphatic rings. The number of urea groups is 1. The van der Waals surface area contributed by atoms with Gasteiger partial charge in [0.2, 0.25) is 5.78 Å². The zero-order valence-electron chi connectivity index (χ0n) is 27.1. The van der Waals surface area contributed by atoms with E-state index in [0.29, 0.717) is 25.1 Å². The summed E-state index contributed by atoms with van der Waals surface area (Å²) in [6, 6.07) is 7.49. The predicted octanol–water partition coefficient (Wildman–Crippen LogP) is 6.78. The summed E-state index contributed by atoms with van der Waals surface area (Å²) in [6.45, 7) is 9.32. The number of thiophene rings is 1. The molecule has 2 aromatic rings. The van der Waals surface area contributed by atoms with Gasteiger partial charge < -0.3 is 24.8 Å². The molecule has 8 atom stereocenters. The average molecular weight is 633 g/mol. The molecule has 0 saturated heterocycles. The highest BCUT2D eigenvalue weighted by atomic mass is 32.1. The number of amides is 2. The van der Waals surface area contributed by atoms with Crippen molar-refractivity contribution < 1.29 is 24.2 Å². The van der Waals surface area contributed by atoms with Gasteiger partial charge >= 0.3 is 6.03 Å². The summed E-state index contributed by atoms with van der Waals surface area (Å²) in [4.78, 5) is 31.0. The number of ketones is 1. The largest absolute Gasteiger partial charge is 0.461 e. The van der Waals surface area contributed by atoms with Crippen molar-refractivity contribution in [3.8, 4) is 0 Å². The van der Waals surface area contributed by atoms with Crippen LogP contribution >= 0.6 is 11.3 Å². The second kappa shape index (κ2) is 10.7. The van der Waals surface area contributed by atoms with E-state index in [0.717, 1.165) is 44.1 Å². The maximum absolute atomic E-state index is 14.4. The van der Waals surface area contributed by atoms with Crippen LogP contribution in [0.1, 0.15) is 88.1 Å². The zero-order valence-corrected chi connectivity index (χ0v) is 27.9. The number of aliphatic hydroxyl groups is 2. The highest BCUT2D eigenvalue weighted by molar-refractivity contribution is 7.09. The number of hydrogen-bond donors (Lipinski definition) is 3. The Labute approximate surface area is 270 Å². The number of hydrogen-bond acceptors (Lipinski definition) is 6.